The molecule has 0 saturated heterocycles. The first kappa shape index (κ1) is 5.35. The highest BCUT2D eigenvalue weighted by molar-refractivity contribution is 5.75. The molecule has 2 heteroatoms. The van der Waals surface area contributed by atoms with E-state index < -0.39 is 0 Å². The van der Waals surface area contributed by atoms with Crippen LogP contribution in [0.1, 0.15) is 6.42 Å². The van der Waals surface area contributed by atoms with Gasteiger partial charge in [0.25, 0.3) is 0 Å². The maximum atomic E-state index is 10.5. The van der Waals surface area contributed by atoms with Gasteiger partial charge in [-0.05, 0) is 6.42 Å². The normalized spacial score (nSPS) is 24.4. The van der Waals surface area contributed by atoms with Crippen LogP contribution in [0.4, 0.5) is 0 Å². The second-order valence-electron chi connectivity index (χ2n) is 1.79. The molecule has 0 heterocycles. The second kappa shape index (κ2) is 1.99. The third-order valence-electron chi connectivity index (χ3n) is 1.26. The predicted octanol–water partition coefficient (Wildman–Crippen LogP) is 0.735. The van der Waals surface area contributed by atoms with Gasteiger partial charge >= 0.3 is 5.97 Å². The number of esters is 1. The Bertz CT molecular complexity index is 126. The molecule has 8 heavy (non-hydrogen) atoms. The monoisotopic (exact) mass is 112 g/mol. The van der Waals surface area contributed by atoms with Crippen LogP contribution in [0.5, 0.6) is 0 Å². The summed E-state index contributed by atoms with van der Waals surface area (Å²) in [5.74, 6) is -0.0625. The smallest absolute Gasteiger partial charge is 0.312 e. The lowest BCUT2D eigenvalue weighted by Gasteiger charge is -2.13. The summed E-state index contributed by atoms with van der Waals surface area (Å²) in [6.45, 7) is 0. The van der Waals surface area contributed by atoms with Crippen LogP contribution in [0.2, 0.25) is 0 Å². The summed E-state index contributed by atoms with van der Waals surface area (Å²) < 4.78 is 4.46. The summed E-state index contributed by atoms with van der Waals surface area (Å²) >= 11 is 0. The molecule has 0 bridgehead atoms. The van der Waals surface area contributed by atoms with Crippen molar-refractivity contribution in [1.82, 2.24) is 0 Å². The molecule has 0 radical (unpaired) electrons. The van der Waals surface area contributed by atoms with E-state index in [4.69, 9.17) is 0 Å². The zero-order valence-corrected chi connectivity index (χ0v) is 4.76. The molecule has 1 aliphatic carbocycles. The van der Waals surface area contributed by atoms with E-state index in [9.17, 15) is 4.79 Å². The molecule has 0 aromatic carbocycles. The van der Waals surface area contributed by atoms with Crippen LogP contribution in [-0.4, -0.2) is 13.1 Å². The molecule has 0 aromatic rings. The van der Waals surface area contributed by atoms with Gasteiger partial charge in [0.15, 0.2) is 0 Å². The van der Waals surface area contributed by atoms with Crippen molar-refractivity contribution in [2.24, 2.45) is 5.92 Å². The van der Waals surface area contributed by atoms with Crippen molar-refractivity contribution in [2.75, 3.05) is 7.11 Å². The largest absolute Gasteiger partial charge is 0.469 e. The fourth-order valence-corrected chi connectivity index (χ4v) is 0.598. The van der Waals surface area contributed by atoms with E-state index in [-0.39, 0.29) is 11.9 Å². The fourth-order valence-electron chi connectivity index (χ4n) is 0.598. The Kier molecular flexibility index (Phi) is 1.33. The number of ether oxygens (including phenoxy) is 1. The van der Waals surface area contributed by atoms with E-state index in [0.29, 0.717) is 0 Å². The third-order valence-corrected chi connectivity index (χ3v) is 1.26. The van der Waals surface area contributed by atoms with Crippen molar-refractivity contribution < 1.29 is 9.53 Å². The van der Waals surface area contributed by atoms with Crippen LogP contribution in [0.25, 0.3) is 0 Å². The van der Waals surface area contributed by atoms with Crippen molar-refractivity contribution in [3.63, 3.8) is 0 Å². The van der Waals surface area contributed by atoms with Crippen molar-refractivity contribution in [3.8, 4) is 0 Å². The average Bonchev–Trinajstić information content (AvgIpc) is 1.62. The minimum Gasteiger partial charge on any atom is -0.469 e. The fraction of sp³-hybridized carbons (Fsp3) is 0.500. The molecule has 1 rings (SSSR count). The number of hydrogen-bond acceptors (Lipinski definition) is 2. The summed E-state index contributed by atoms with van der Waals surface area (Å²) in [6.07, 6.45) is 4.67. The van der Waals surface area contributed by atoms with Gasteiger partial charge in [0, 0.05) is 0 Å². The minimum atomic E-state index is -0.118. The van der Waals surface area contributed by atoms with Crippen molar-refractivity contribution in [3.05, 3.63) is 12.2 Å². The number of carbonyl (C=O) groups is 1. The second-order valence-corrected chi connectivity index (χ2v) is 1.79. The average molecular weight is 112 g/mol. The Hall–Kier alpha value is -0.790. The Morgan fingerprint density at radius 1 is 1.88 bits per heavy atom. The van der Waals surface area contributed by atoms with Crippen LogP contribution in [0.15, 0.2) is 12.2 Å². The number of carbonyl (C=O) groups excluding carboxylic acids is 1. The van der Waals surface area contributed by atoms with Crippen molar-refractivity contribution in [2.45, 2.75) is 6.42 Å². The zero-order chi connectivity index (χ0) is 5.98. The molecule has 1 aliphatic rings. The van der Waals surface area contributed by atoms with Gasteiger partial charge in [0.1, 0.15) is 0 Å². The van der Waals surface area contributed by atoms with E-state index in [1.807, 2.05) is 12.2 Å². The molecule has 2 nitrogen and oxygen atoms in total. The lowest BCUT2D eigenvalue weighted by Crippen LogP contribution is -2.17. The van der Waals surface area contributed by atoms with E-state index in [0.717, 1.165) is 6.42 Å². The third kappa shape index (κ3) is 0.735. The molecule has 0 spiro atoms. The van der Waals surface area contributed by atoms with Gasteiger partial charge in [0.2, 0.25) is 0 Å². The first-order chi connectivity index (χ1) is 3.84. The highest BCUT2D eigenvalue weighted by Gasteiger charge is 2.18. The summed E-state index contributed by atoms with van der Waals surface area (Å²) in [6, 6.07) is 0. The summed E-state index contributed by atoms with van der Waals surface area (Å²) in [4.78, 5) is 10.5. The van der Waals surface area contributed by atoms with Gasteiger partial charge < -0.3 is 4.74 Å². The molecule has 44 valence electrons. The van der Waals surface area contributed by atoms with E-state index in [1.54, 1.807) is 0 Å². The lowest BCUT2D eigenvalue weighted by molar-refractivity contribution is -0.144. The number of allylic oxidation sites excluding steroid dienone is 1. The number of methoxy groups -OCH3 is 1. The van der Waals surface area contributed by atoms with E-state index >= 15 is 0 Å². The Labute approximate surface area is 48.1 Å². The standard InChI is InChI=1S/C6H8O2/c1-8-6(7)5-3-2-4-5/h2-3,5H,4H2,1H3. The molecule has 0 aromatic heterocycles. The zero-order valence-electron chi connectivity index (χ0n) is 4.76. The first-order valence-electron chi connectivity index (χ1n) is 2.59. The van der Waals surface area contributed by atoms with Gasteiger partial charge in [-0.3, -0.25) is 4.79 Å². The molecule has 0 aliphatic heterocycles. The van der Waals surface area contributed by atoms with Gasteiger partial charge in [-0.25, -0.2) is 0 Å². The van der Waals surface area contributed by atoms with Crippen LogP contribution in [0.3, 0.4) is 0 Å². The highest BCUT2D eigenvalue weighted by Crippen LogP contribution is 2.17. The van der Waals surface area contributed by atoms with Crippen LogP contribution in [-0.2, 0) is 9.53 Å². The van der Waals surface area contributed by atoms with Crippen LogP contribution in [0, 0.1) is 5.92 Å². The summed E-state index contributed by atoms with van der Waals surface area (Å²) in [5, 5.41) is 0. The number of hydrogen-bond donors (Lipinski definition) is 0. The Morgan fingerprint density at radius 2 is 2.50 bits per heavy atom. The van der Waals surface area contributed by atoms with Gasteiger partial charge in [-0.15, -0.1) is 0 Å². The topological polar surface area (TPSA) is 26.3 Å². The van der Waals surface area contributed by atoms with Crippen molar-refractivity contribution >= 4 is 5.97 Å². The Morgan fingerprint density at radius 3 is 2.62 bits per heavy atom. The minimum absolute atomic E-state index is 0.0556. The van der Waals surface area contributed by atoms with E-state index in [2.05, 4.69) is 4.74 Å². The maximum absolute atomic E-state index is 10.5. The SMILES string of the molecule is COC(=O)C1C=CC1. The van der Waals surface area contributed by atoms with Gasteiger partial charge in [-0.2, -0.15) is 0 Å². The first-order valence-corrected chi connectivity index (χ1v) is 2.59. The summed E-state index contributed by atoms with van der Waals surface area (Å²) in [7, 11) is 1.41. The van der Waals surface area contributed by atoms with Gasteiger partial charge in [-0.1, -0.05) is 12.2 Å². The van der Waals surface area contributed by atoms with Gasteiger partial charge in [0.05, 0.1) is 13.0 Å². The number of rotatable bonds is 1. The molecular weight excluding hydrogens is 104 g/mol. The lowest BCUT2D eigenvalue weighted by atomic mass is 9.96. The van der Waals surface area contributed by atoms with Crippen LogP contribution < -0.4 is 0 Å². The van der Waals surface area contributed by atoms with Crippen molar-refractivity contribution in [1.29, 1.82) is 0 Å². The van der Waals surface area contributed by atoms with E-state index in [1.165, 1.54) is 7.11 Å². The molecule has 0 N–H and O–H groups in total. The summed E-state index contributed by atoms with van der Waals surface area (Å²) in [5.41, 5.74) is 0. The maximum Gasteiger partial charge on any atom is 0.312 e. The molecule has 0 saturated carbocycles. The Balaban J connectivity index is 2.36. The highest BCUT2D eigenvalue weighted by atomic mass is 16.5. The predicted molar refractivity (Wildman–Crippen MR) is 29.3 cm³/mol. The molecule has 1 atom stereocenters. The molecule has 1 unspecified atom stereocenters. The molecule has 0 amide bonds. The quantitative estimate of drug-likeness (QED) is 0.369. The molecular formula is C6H8O2. The van der Waals surface area contributed by atoms with Crippen LogP contribution >= 0.6 is 0 Å². The molecule has 0 fully saturated rings.